The topological polar surface area (TPSA) is 90.4 Å². The van der Waals surface area contributed by atoms with Crippen molar-refractivity contribution in [2.75, 3.05) is 0 Å². The average Bonchev–Trinajstić information content (AvgIpc) is 2.68. The molecular weight excluding hydrogens is 410 g/mol. The first-order valence-corrected chi connectivity index (χ1v) is 10.6. The predicted octanol–water partition coefficient (Wildman–Crippen LogP) is 4.74. The van der Waals surface area contributed by atoms with E-state index in [9.17, 15) is 13.2 Å². The number of sulfonamides is 1. The number of nitrogens with two attached hydrogens (primary N) is 1. The molecule has 0 spiro atoms. The summed E-state index contributed by atoms with van der Waals surface area (Å²) in [6.07, 6.45) is 0. The van der Waals surface area contributed by atoms with Crippen LogP contribution in [0.4, 0.5) is 0 Å². The van der Waals surface area contributed by atoms with E-state index in [0.717, 1.165) is 5.56 Å². The Bertz CT molecular complexity index is 1410. The van der Waals surface area contributed by atoms with Gasteiger partial charge in [0.25, 0.3) is 0 Å². The highest BCUT2D eigenvalue weighted by Crippen LogP contribution is 2.35. The molecule has 4 aromatic rings. The van der Waals surface area contributed by atoms with Crippen LogP contribution in [0.3, 0.4) is 0 Å². The first-order valence-electron chi connectivity index (χ1n) is 8.71. The summed E-state index contributed by atoms with van der Waals surface area (Å²) >= 11 is 6.09. The van der Waals surface area contributed by atoms with Crippen LogP contribution in [0, 0.1) is 6.92 Å². The predicted molar refractivity (Wildman–Crippen MR) is 114 cm³/mol. The maximum atomic E-state index is 13.4. The zero-order chi connectivity index (χ0) is 20.8. The lowest BCUT2D eigenvalue weighted by atomic mass is 9.95. The fourth-order valence-corrected chi connectivity index (χ4v) is 4.04. The molecule has 1 aromatic heterocycles. The first-order chi connectivity index (χ1) is 13.8. The van der Waals surface area contributed by atoms with Crippen LogP contribution < -0.4 is 10.6 Å². The molecule has 0 unspecified atom stereocenters. The second-order valence-corrected chi connectivity index (χ2v) is 8.66. The van der Waals surface area contributed by atoms with Crippen LogP contribution in [0.1, 0.15) is 5.56 Å². The third kappa shape index (κ3) is 3.58. The van der Waals surface area contributed by atoms with Crippen molar-refractivity contribution in [1.29, 1.82) is 0 Å². The lowest BCUT2D eigenvalue weighted by Gasteiger charge is -2.13. The summed E-state index contributed by atoms with van der Waals surface area (Å²) in [7, 11) is -3.83. The van der Waals surface area contributed by atoms with E-state index in [1.165, 1.54) is 12.1 Å². The van der Waals surface area contributed by atoms with E-state index in [0.29, 0.717) is 38.4 Å². The maximum Gasteiger partial charge on any atom is 0.238 e. The average molecular weight is 426 g/mol. The Labute approximate surface area is 172 Å². The van der Waals surface area contributed by atoms with Crippen LogP contribution >= 0.6 is 11.6 Å². The summed E-state index contributed by atoms with van der Waals surface area (Å²) < 4.78 is 29.2. The van der Waals surface area contributed by atoms with Gasteiger partial charge in [0.05, 0.1) is 15.8 Å². The molecule has 0 amide bonds. The minimum absolute atomic E-state index is 0.0198. The van der Waals surface area contributed by atoms with Crippen molar-refractivity contribution >= 4 is 32.6 Å². The largest absolute Gasteiger partial charge is 0.455 e. The second kappa shape index (κ2) is 7.15. The van der Waals surface area contributed by atoms with Gasteiger partial charge >= 0.3 is 0 Å². The van der Waals surface area contributed by atoms with E-state index < -0.39 is 10.0 Å². The van der Waals surface area contributed by atoms with Crippen LogP contribution in [-0.4, -0.2) is 8.42 Å². The molecule has 0 radical (unpaired) electrons. The van der Waals surface area contributed by atoms with E-state index in [1.807, 2.05) is 6.92 Å². The smallest absolute Gasteiger partial charge is 0.238 e. The molecule has 0 fully saturated rings. The van der Waals surface area contributed by atoms with Crippen molar-refractivity contribution < 1.29 is 12.8 Å². The molecule has 0 bridgehead atoms. The van der Waals surface area contributed by atoms with Crippen molar-refractivity contribution in [1.82, 2.24) is 0 Å². The van der Waals surface area contributed by atoms with Crippen molar-refractivity contribution in [3.63, 3.8) is 0 Å². The SMILES string of the molecule is Cc1cc(Cl)ccc1-c1c(-c2ccc(S(N)(=O)=O)cc2)oc2ccccc2c1=O. The molecule has 4 rings (SSSR count). The van der Waals surface area contributed by atoms with Gasteiger partial charge in [-0.25, -0.2) is 13.6 Å². The Hall–Kier alpha value is -2.93. The highest BCUT2D eigenvalue weighted by molar-refractivity contribution is 7.89. The molecule has 0 saturated heterocycles. The Morgan fingerprint density at radius 3 is 2.31 bits per heavy atom. The number of para-hydroxylation sites is 1. The summed E-state index contributed by atoms with van der Waals surface area (Å²) in [5.41, 5.74) is 2.73. The van der Waals surface area contributed by atoms with Crippen LogP contribution in [0.15, 0.2) is 80.8 Å². The molecule has 7 heteroatoms. The molecule has 146 valence electrons. The monoisotopic (exact) mass is 425 g/mol. The van der Waals surface area contributed by atoms with Gasteiger partial charge in [0.2, 0.25) is 15.5 Å². The molecular formula is C22H16ClNO4S. The Balaban J connectivity index is 2.06. The number of fused-ring (bicyclic) bond motifs is 1. The fourth-order valence-electron chi connectivity index (χ4n) is 3.29. The van der Waals surface area contributed by atoms with E-state index in [2.05, 4.69) is 0 Å². The molecule has 2 N–H and O–H groups in total. The number of primary sulfonamides is 1. The maximum absolute atomic E-state index is 13.4. The van der Waals surface area contributed by atoms with Gasteiger partial charge in [0.1, 0.15) is 11.3 Å². The van der Waals surface area contributed by atoms with Crippen molar-refractivity contribution in [3.05, 3.63) is 87.5 Å². The Kier molecular flexibility index (Phi) is 4.78. The fraction of sp³-hybridized carbons (Fsp3) is 0.0455. The van der Waals surface area contributed by atoms with Gasteiger partial charge in [-0.05, 0) is 66.6 Å². The van der Waals surface area contributed by atoms with Crippen LogP contribution in [0.2, 0.25) is 5.02 Å². The van der Waals surface area contributed by atoms with Gasteiger partial charge < -0.3 is 4.42 Å². The molecule has 0 atom stereocenters. The third-order valence-electron chi connectivity index (χ3n) is 4.70. The summed E-state index contributed by atoms with van der Waals surface area (Å²) in [6.45, 7) is 1.86. The normalized spacial score (nSPS) is 11.7. The van der Waals surface area contributed by atoms with Crippen molar-refractivity contribution in [2.24, 2.45) is 5.14 Å². The van der Waals surface area contributed by atoms with Crippen LogP contribution in [0.25, 0.3) is 33.4 Å². The standard InChI is InChI=1S/C22H16ClNO4S/c1-13-12-15(23)8-11-17(13)20-21(25)18-4-2-3-5-19(18)28-22(20)14-6-9-16(10-7-14)29(24,26)27/h2-12H,1H3,(H2,24,26,27). The second-order valence-electron chi connectivity index (χ2n) is 6.66. The number of halogens is 1. The zero-order valence-corrected chi connectivity index (χ0v) is 16.9. The van der Waals surface area contributed by atoms with Gasteiger partial charge in [-0.3, -0.25) is 4.79 Å². The van der Waals surface area contributed by atoms with Crippen LogP contribution in [0.5, 0.6) is 0 Å². The molecule has 0 aliphatic rings. The van der Waals surface area contributed by atoms with Gasteiger partial charge in [-0.2, -0.15) is 0 Å². The van der Waals surface area contributed by atoms with Crippen molar-refractivity contribution in [3.8, 4) is 22.5 Å². The minimum Gasteiger partial charge on any atom is -0.455 e. The minimum atomic E-state index is -3.83. The number of benzene rings is 3. The molecule has 0 aliphatic carbocycles. The number of hydrogen-bond donors (Lipinski definition) is 1. The Morgan fingerprint density at radius 1 is 0.966 bits per heavy atom. The highest BCUT2D eigenvalue weighted by Gasteiger charge is 2.20. The molecule has 1 heterocycles. The quantitative estimate of drug-likeness (QED) is 0.513. The molecule has 3 aromatic carbocycles. The van der Waals surface area contributed by atoms with E-state index in [4.69, 9.17) is 21.2 Å². The summed E-state index contributed by atoms with van der Waals surface area (Å²) in [5.74, 6) is 0.347. The summed E-state index contributed by atoms with van der Waals surface area (Å²) in [4.78, 5) is 13.4. The molecule has 0 saturated carbocycles. The van der Waals surface area contributed by atoms with E-state index in [1.54, 1.807) is 54.6 Å². The van der Waals surface area contributed by atoms with E-state index in [-0.39, 0.29) is 10.3 Å². The number of hydrogen-bond acceptors (Lipinski definition) is 4. The van der Waals surface area contributed by atoms with Gasteiger partial charge in [0.15, 0.2) is 0 Å². The van der Waals surface area contributed by atoms with E-state index >= 15 is 0 Å². The van der Waals surface area contributed by atoms with Crippen molar-refractivity contribution in [2.45, 2.75) is 11.8 Å². The summed E-state index contributed by atoms with van der Waals surface area (Å²) in [6, 6.07) is 18.2. The lowest BCUT2D eigenvalue weighted by molar-refractivity contribution is 0.597. The molecule has 29 heavy (non-hydrogen) atoms. The molecule has 0 aliphatic heterocycles. The first kappa shape index (κ1) is 19.4. The zero-order valence-electron chi connectivity index (χ0n) is 15.3. The van der Waals surface area contributed by atoms with Gasteiger partial charge in [0, 0.05) is 10.6 Å². The van der Waals surface area contributed by atoms with Gasteiger partial charge in [-0.1, -0.05) is 29.8 Å². The molecule has 5 nitrogen and oxygen atoms in total. The highest BCUT2D eigenvalue weighted by atomic mass is 35.5. The van der Waals surface area contributed by atoms with Gasteiger partial charge in [-0.15, -0.1) is 0 Å². The number of rotatable bonds is 3. The third-order valence-corrected chi connectivity index (χ3v) is 5.86. The number of aryl methyl sites for hydroxylation is 1. The summed E-state index contributed by atoms with van der Waals surface area (Å²) in [5, 5.41) is 6.21. The van der Waals surface area contributed by atoms with Crippen LogP contribution in [-0.2, 0) is 10.0 Å². The Morgan fingerprint density at radius 2 is 1.66 bits per heavy atom. The lowest BCUT2D eigenvalue weighted by Crippen LogP contribution is -2.12.